The van der Waals surface area contributed by atoms with E-state index in [1.54, 1.807) is 0 Å². The fourth-order valence-electron chi connectivity index (χ4n) is 1.93. The number of halogens is 6. The van der Waals surface area contributed by atoms with Crippen molar-refractivity contribution < 1.29 is 48.5 Å². The largest absolute Gasteiger partial charge is 0.534 e. The first-order valence-corrected chi connectivity index (χ1v) is 7.43. The smallest absolute Gasteiger partial charge is 0.466 e. The summed E-state index contributed by atoms with van der Waals surface area (Å²) >= 11 is 0. The third-order valence-electron chi connectivity index (χ3n) is 3.42. The second kappa shape index (κ2) is 5.87. The van der Waals surface area contributed by atoms with Gasteiger partial charge in [-0.05, 0) is 12.8 Å². The van der Waals surface area contributed by atoms with Gasteiger partial charge in [-0.2, -0.15) is 34.8 Å². The summed E-state index contributed by atoms with van der Waals surface area (Å²) in [6, 6.07) is 0. The van der Waals surface area contributed by atoms with Gasteiger partial charge in [0.1, 0.15) is 5.76 Å². The predicted molar refractivity (Wildman–Crippen MR) is 63.1 cm³/mol. The van der Waals surface area contributed by atoms with Crippen molar-refractivity contribution in [2.75, 3.05) is 7.11 Å². The average molecular weight is 370 g/mol. The van der Waals surface area contributed by atoms with Crippen LogP contribution in [0.1, 0.15) is 26.2 Å². The highest BCUT2D eigenvalue weighted by molar-refractivity contribution is 7.87. The zero-order chi connectivity index (χ0) is 18.3. The lowest BCUT2D eigenvalue weighted by atomic mass is 9.75. The summed E-state index contributed by atoms with van der Waals surface area (Å²) in [5.41, 5.74) is -9.03. The Morgan fingerprint density at radius 2 is 1.70 bits per heavy atom. The van der Waals surface area contributed by atoms with E-state index in [9.17, 15) is 39.6 Å². The minimum Gasteiger partial charge on any atom is -0.466 e. The van der Waals surface area contributed by atoms with Gasteiger partial charge in [-0.3, -0.25) is 0 Å². The number of esters is 1. The van der Waals surface area contributed by atoms with Gasteiger partial charge in [0, 0.05) is 6.42 Å². The SMILES string of the molecule is COC(=O)C1=C(OS(=O)(=O)C(F)(F)F)CC(C)(C(F)(F)F)CC1. The van der Waals surface area contributed by atoms with E-state index in [0.29, 0.717) is 6.92 Å². The number of carbonyl (C=O) groups excluding carboxylic acids is 1. The molecular formula is C11H12F6O5S. The fraction of sp³-hybridized carbons (Fsp3) is 0.727. The van der Waals surface area contributed by atoms with Crippen molar-refractivity contribution >= 4 is 16.1 Å². The third-order valence-corrected chi connectivity index (χ3v) is 4.41. The van der Waals surface area contributed by atoms with E-state index >= 15 is 0 Å². The van der Waals surface area contributed by atoms with Gasteiger partial charge in [0.15, 0.2) is 0 Å². The number of carbonyl (C=O) groups is 1. The molecular weight excluding hydrogens is 358 g/mol. The molecule has 5 nitrogen and oxygen atoms in total. The molecule has 0 aliphatic heterocycles. The van der Waals surface area contributed by atoms with Crippen LogP contribution in [0.3, 0.4) is 0 Å². The van der Waals surface area contributed by atoms with Gasteiger partial charge < -0.3 is 8.92 Å². The first kappa shape index (κ1) is 19.6. The van der Waals surface area contributed by atoms with Gasteiger partial charge in [0.2, 0.25) is 0 Å². The van der Waals surface area contributed by atoms with Crippen molar-refractivity contribution in [1.82, 2.24) is 0 Å². The molecule has 1 unspecified atom stereocenters. The summed E-state index contributed by atoms with van der Waals surface area (Å²) in [6.07, 6.45) is -7.31. The van der Waals surface area contributed by atoms with E-state index in [4.69, 9.17) is 0 Å². The van der Waals surface area contributed by atoms with Crippen molar-refractivity contribution in [3.05, 3.63) is 11.3 Å². The fourth-order valence-corrected chi connectivity index (χ4v) is 2.45. The minimum atomic E-state index is -6.20. The molecule has 23 heavy (non-hydrogen) atoms. The maximum atomic E-state index is 13.0. The van der Waals surface area contributed by atoms with E-state index in [-0.39, 0.29) is 0 Å². The molecule has 1 aliphatic rings. The maximum Gasteiger partial charge on any atom is 0.534 e. The van der Waals surface area contributed by atoms with E-state index in [1.165, 1.54) is 0 Å². The Bertz CT molecular complexity index is 618. The third kappa shape index (κ3) is 3.90. The van der Waals surface area contributed by atoms with E-state index in [2.05, 4.69) is 8.92 Å². The van der Waals surface area contributed by atoms with Crippen LogP contribution in [-0.4, -0.2) is 33.2 Å². The zero-order valence-corrected chi connectivity index (χ0v) is 12.7. The second-order valence-corrected chi connectivity index (χ2v) is 6.65. The second-order valence-electron chi connectivity index (χ2n) is 5.11. The summed E-state index contributed by atoms with van der Waals surface area (Å²) in [6.45, 7) is 0.699. The highest BCUT2D eigenvalue weighted by atomic mass is 32.2. The lowest BCUT2D eigenvalue weighted by molar-refractivity contribution is -0.223. The quantitative estimate of drug-likeness (QED) is 0.331. The molecule has 0 aromatic carbocycles. The minimum absolute atomic E-state index is 0.625. The van der Waals surface area contributed by atoms with Gasteiger partial charge in [-0.25, -0.2) is 4.79 Å². The van der Waals surface area contributed by atoms with Gasteiger partial charge in [0.25, 0.3) is 0 Å². The first-order chi connectivity index (χ1) is 10.1. The average Bonchev–Trinajstić information content (AvgIpc) is 2.35. The van der Waals surface area contributed by atoms with Crippen molar-refractivity contribution in [1.29, 1.82) is 0 Å². The summed E-state index contributed by atoms with van der Waals surface area (Å²) in [4.78, 5) is 11.5. The summed E-state index contributed by atoms with van der Waals surface area (Å²) in [5, 5.41) is 0. The van der Waals surface area contributed by atoms with Crippen LogP contribution in [0.2, 0.25) is 0 Å². The zero-order valence-electron chi connectivity index (χ0n) is 11.8. The number of ether oxygens (including phenoxy) is 1. The first-order valence-electron chi connectivity index (χ1n) is 6.02. The molecule has 0 fully saturated rings. The van der Waals surface area contributed by atoms with Crippen LogP contribution >= 0.6 is 0 Å². The normalized spacial score (nSPS) is 23.7. The van der Waals surface area contributed by atoms with Crippen LogP contribution in [0.4, 0.5) is 26.3 Å². The van der Waals surface area contributed by atoms with Gasteiger partial charge in [-0.1, -0.05) is 6.92 Å². The number of methoxy groups -OCH3 is 1. The van der Waals surface area contributed by atoms with E-state index in [1.807, 2.05) is 0 Å². The lowest BCUT2D eigenvalue weighted by Gasteiger charge is -2.36. The predicted octanol–water partition coefficient (Wildman–Crippen LogP) is 3.03. The highest BCUT2D eigenvalue weighted by Gasteiger charge is 2.56. The van der Waals surface area contributed by atoms with Crippen molar-refractivity contribution in [3.8, 4) is 0 Å². The Labute approximate surface area is 127 Å². The molecule has 0 spiro atoms. The van der Waals surface area contributed by atoms with Gasteiger partial charge in [0.05, 0.1) is 18.1 Å². The van der Waals surface area contributed by atoms with Crippen molar-refractivity contribution in [3.63, 3.8) is 0 Å². The van der Waals surface area contributed by atoms with Crippen LogP contribution in [0, 0.1) is 5.41 Å². The highest BCUT2D eigenvalue weighted by Crippen LogP contribution is 2.51. The molecule has 0 saturated carbocycles. The molecule has 0 bridgehead atoms. The lowest BCUT2D eigenvalue weighted by Crippen LogP contribution is -2.39. The van der Waals surface area contributed by atoms with E-state index in [0.717, 1.165) is 7.11 Å². The van der Waals surface area contributed by atoms with Gasteiger partial charge in [-0.15, -0.1) is 0 Å². The Morgan fingerprint density at radius 1 is 1.17 bits per heavy atom. The molecule has 12 heteroatoms. The number of rotatable bonds is 3. The number of hydrogen-bond acceptors (Lipinski definition) is 5. The molecule has 1 aliphatic carbocycles. The maximum absolute atomic E-state index is 13.0. The number of alkyl halides is 6. The van der Waals surface area contributed by atoms with Crippen LogP contribution in [0.25, 0.3) is 0 Å². The standard InChI is InChI=1S/C11H12F6O5S/c1-9(10(12,13)14)4-3-6(8(18)21-2)7(5-9)22-23(19,20)11(15,16)17/h3-5H2,1-2H3. The topological polar surface area (TPSA) is 69.7 Å². The van der Waals surface area contributed by atoms with Crippen molar-refractivity contribution in [2.45, 2.75) is 37.9 Å². The Kier molecular flexibility index (Phi) is 5.00. The molecule has 0 amide bonds. The van der Waals surface area contributed by atoms with Crippen LogP contribution < -0.4 is 0 Å². The molecule has 1 atom stereocenters. The summed E-state index contributed by atoms with van der Waals surface area (Å²) in [7, 11) is -5.35. The Morgan fingerprint density at radius 3 is 2.09 bits per heavy atom. The van der Waals surface area contributed by atoms with Crippen LogP contribution in [0.15, 0.2) is 11.3 Å². The summed E-state index contributed by atoms with van der Waals surface area (Å²) in [5.74, 6) is -2.46. The molecule has 1 rings (SSSR count). The molecule has 0 aromatic rings. The number of hydrogen-bond donors (Lipinski definition) is 0. The molecule has 0 saturated heterocycles. The monoisotopic (exact) mass is 370 g/mol. The Balaban J connectivity index is 3.33. The number of allylic oxidation sites excluding steroid dienone is 1. The van der Waals surface area contributed by atoms with E-state index < -0.39 is 63.8 Å². The molecule has 0 radical (unpaired) electrons. The van der Waals surface area contributed by atoms with Gasteiger partial charge >= 0.3 is 27.8 Å². The summed E-state index contributed by atoms with van der Waals surface area (Å²) < 4.78 is 106. The molecule has 0 N–H and O–H groups in total. The van der Waals surface area contributed by atoms with Crippen LogP contribution in [-0.2, 0) is 23.8 Å². The molecule has 0 heterocycles. The molecule has 0 aromatic heterocycles. The molecule has 134 valence electrons. The van der Waals surface area contributed by atoms with Crippen LogP contribution in [0.5, 0.6) is 0 Å². The Hall–Kier alpha value is -1.46. The van der Waals surface area contributed by atoms with Crippen molar-refractivity contribution in [2.24, 2.45) is 5.41 Å².